The van der Waals surface area contributed by atoms with Gasteiger partial charge in [0.15, 0.2) is 6.19 Å². The lowest BCUT2D eigenvalue weighted by Gasteiger charge is -2.19. The van der Waals surface area contributed by atoms with E-state index in [4.69, 9.17) is 10.5 Å². The van der Waals surface area contributed by atoms with Crippen molar-refractivity contribution in [3.05, 3.63) is 29.8 Å². The predicted molar refractivity (Wildman–Crippen MR) is 77.8 cm³/mol. The van der Waals surface area contributed by atoms with Crippen LogP contribution in [0.15, 0.2) is 29.3 Å². The highest BCUT2D eigenvalue weighted by atomic mass is 15.2. The number of hydrogen-bond acceptors (Lipinski definition) is 3. The second kappa shape index (κ2) is 7.16. The van der Waals surface area contributed by atoms with Crippen molar-refractivity contribution >= 4 is 11.6 Å². The number of nitriles is 2. The maximum atomic E-state index is 8.80. The summed E-state index contributed by atoms with van der Waals surface area (Å²) >= 11 is 0. The fraction of sp³-hybridized carbons (Fsp3) is 0.400. The van der Waals surface area contributed by atoms with E-state index < -0.39 is 0 Å². The Kier molecular flexibility index (Phi) is 4.97. The molecule has 0 unspecified atom stereocenters. The molecule has 0 saturated heterocycles. The maximum Gasteiger partial charge on any atom is 0.209 e. The highest BCUT2D eigenvalue weighted by Crippen LogP contribution is 2.20. The number of hydrogen-bond donors (Lipinski definition) is 2. The van der Waals surface area contributed by atoms with Crippen molar-refractivity contribution in [2.45, 2.75) is 38.1 Å². The van der Waals surface area contributed by atoms with E-state index in [9.17, 15) is 0 Å². The number of guanidine groups is 1. The molecule has 2 rings (SSSR count). The van der Waals surface area contributed by atoms with Gasteiger partial charge in [0.25, 0.3) is 0 Å². The van der Waals surface area contributed by atoms with Gasteiger partial charge in [-0.2, -0.15) is 10.5 Å². The summed E-state index contributed by atoms with van der Waals surface area (Å²) in [5.74, 6) is 0.476. The van der Waals surface area contributed by atoms with Gasteiger partial charge < -0.3 is 5.32 Å². The Morgan fingerprint density at radius 1 is 1.10 bits per heavy atom. The molecule has 0 bridgehead atoms. The van der Waals surface area contributed by atoms with Crippen LogP contribution in [-0.2, 0) is 0 Å². The van der Waals surface area contributed by atoms with Gasteiger partial charge in [0.2, 0.25) is 5.96 Å². The van der Waals surface area contributed by atoms with Gasteiger partial charge >= 0.3 is 0 Å². The summed E-state index contributed by atoms with van der Waals surface area (Å²) < 4.78 is 0. The van der Waals surface area contributed by atoms with E-state index in [1.54, 1.807) is 24.3 Å². The molecule has 0 radical (unpaired) electrons. The Labute approximate surface area is 118 Å². The van der Waals surface area contributed by atoms with Crippen molar-refractivity contribution in [1.82, 2.24) is 5.32 Å². The third-order valence-corrected chi connectivity index (χ3v) is 3.34. The van der Waals surface area contributed by atoms with Gasteiger partial charge in [-0.05, 0) is 37.1 Å². The van der Waals surface area contributed by atoms with E-state index in [1.165, 1.54) is 19.3 Å². The zero-order valence-corrected chi connectivity index (χ0v) is 11.3. The summed E-state index contributed by atoms with van der Waals surface area (Å²) in [6.45, 7) is 0. The van der Waals surface area contributed by atoms with Crippen LogP contribution in [0.1, 0.15) is 37.7 Å². The van der Waals surface area contributed by atoms with Crippen molar-refractivity contribution in [2.24, 2.45) is 4.99 Å². The van der Waals surface area contributed by atoms with Gasteiger partial charge in [-0.1, -0.05) is 19.3 Å². The lowest BCUT2D eigenvalue weighted by Crippen LogP contribution is -2.29. The minimum absolute atomic E-state index is 0.283. The average Bonchev–Trinajstić information content (AvgIpc) is 2.49. The second-order valence-corrected chi connectivity index (χ2v) is 4.82. The topological polar surface area (TPSA) is 84.0 Å². The Hall–Kier alpha value is -2.53. The van der Waals surface area contributed by atoms with Gasteiger partial charge in [-0.3, -0.25) is 5.32 Å². The van der Waals surface area contributed by atoms with Crippen LogP contribution in [0.3, 0.4) is 0 Å². The van der Waals surface area contributed by atoms with Crippen molar-refractivity contribution in [3.63, 3.8) is 0 Å². The summed E-state index contributed by atoms with van der Waals surface area (Å²) in [4.78, 5) is 4.57. The molecule has 0 atom stereocenters. The van der Waals surface area contributed by atoms with Crippen LogP contribution in [0.2, 0.25) is 0 Å². The Bertz CT molecular complexity index is 541. The first-order chi connectivity index (χ1) is 9.81. The molecule has 102 valence electrons. The molecule has 5 heteroatoms. The number of nitrogens with zero attached hydrogens (tertiary/aromatic N) is 3. The normalized spacial score (nSPS) is 16.0. The van der Waals surface area contributed by atoms with Crippen molar-refractivity contribution in [3.8, 4) is 12.3 Å². The predicted octanol–water partition coefficient (Wildman–Crippen LogP) is 2.73. The fourth-order valence-electron chi connectivity index (χ4n) is 2.31. The zero-order chi connectivity index (χ0) is 14.2. The van der Waals surface area contributed by atoms with E-state index >= 15 is 0 Å². The summed E-state index contributed by atoms with van der Waals surface area (Å²) in [5.41, 5.74) is 1.41. The largest absolute Gasteiger partial charge is 0.326 e. The summed E-state index contributed by atoms with van der Waals surface area (Å²) in [6, 6.07) is 9.41. The smallest absolute Gasteiger partial charge is 0.209 e. The first-order valence-electron chi connectivity index (χ1n) is 6.82. The lowest BCUT2D eigenvalue weighted by molar-refractivity contribution is 0.443. The molecule has 0 aliphatic heterocycles. The standard InChI is InChI=1S/C15H17N5/c16-10-12-6-8-14(9-7-12)20-15(18-11-17)19-13-4-2-1-3-5-13/h6-9,13H,1-5H2,(H2,18,19,20). The van der Waals surface area contributed by atoms with Crippen molar-refractivity contribution in [2.75, 3.05) is 5.32 Å². The van der Waals surface area contributed by atoms with Crippen molar-refractivity contribution < 1.29 is 0 Å². The molecule has 1 aromatic carbocycles. The van der Waals surface area contributed by atoms with E-state index in [2.05, 4.69) is 21.7 Å². The summed E-state index contributed by atoms with van der Waals surface area (Å²) in [6.07, 6.45) is 7.73. The van der Waals surface area contributed by atoms with Crippen LogP contribution < -0.4 is 10.6 Å². The molecule has 1 fully saturated rings. The molecule has 0 spiro atoms. The van der Waals surface area contributed by atoms with Crippen LogP contribution in [0.4, 0.5) is 5.69 Å². The molecular weight excluding hydrogens is 250 g/mol. The second-order valence-electron chi connectivity index (χ2n) is 4.82. The van der Waals surface area contributed by atoms with E-state index in [-0.39, 0.29) is 6.04 Å². The molecule has 1 aromatic rings. The first kappa shape index (κ1) is 13.9. The number of anilines is 1. The Morgan fingerprint density at radius 2 is 1.80 bits per heavy atom. The van der Waals surface area contributed by atoms with Gasteiger partial charge in [-0.15, -0.1) is 0 Å². The highest BCUT2D eigenvalue weighted by molar-refractivity contribution is 5.94. The molecule has 5 nitrogen and oxygen atoms in total. The number of rotatable bonds is 2. The van der Waals surface area contributed by atoms with E-state index in [1.807, 2.05) is 6.19 Å². The molecule has 0 amide bonds. The van der Waals surface area contributed by atoms with Crippen LogP contribution in [0.5, 0.6) is 0 Å². The van der Waals surface area contributed by atoms with Crippen LogP contribution in [-0.4, -0.2) is 12.0 Å². The van der Waals surface area contributed by atoms with E-state index in [0.717, 1.165) is 18.5 Å². The molecular formula is C15H17N5. The molecule has 20 heavy (non-hydrogen) atoms. The van der Waals surface area contributed by atoms with Gasteiger partial charge in [0, 0.05) is 5.69 Å². The number of benzene rings is 1. The van der Waals surface area contributed by atoms with E-state index in [0.29, 0.717) is 11.5 Å². The van der Waals surface area contributed by atoms with Crippen LogP contribution in [0, 0.1) is 22.8 Å². The fourth-order valence-corrected chi connectivity index (χ4v) is 2.31. The highest BCUT2D eigenvalue weighted by Gasteiger charge is 2.13. The van der Waals surface area contributed by atoms with Gasteiger partial charge in [-0.25, -0.2) is 4.99 Å². The molecule has 1 aliphatic rings. The zero-order valence-electron chi connectivity index (χ0n) is 11.3. The van der Waals surface area contributed by atoms with Gasteiger partial charge in [0.05, 0.1) is 17.7 Å². The molecule has 1 saturated carbocycles. The maximum absolute atomic E-state index is 8.80. The Morgan fingerprint density at radius 3 is 2.40 bits per heavy atom. The quantitative estimate of drug-likeness (QED) is 0.373. The minimum atomic E-state index is 0.283. The van der Waals surface area contributed by atoms with Gasteiger partial charge in [0.1, 0.15) is 0 Å². The third kappa shape index (κ3) is 4.00. The average molecular weight is 267 g/mol. The monoisotopic (exact) mass is 267 g/mol. The number of aliphatic imine (C=N–C) groups is 1. The molecule has 0 aromatic heterocycles. The van der Waals surface area contributed by atoms with Crippen LogP contribution >= 0.6 is 0 Å². The lowest BCUT2D eigenvalue weighted by atomic mass is 9.96. The SMILES string of the molecule is N#CNC(=NC1CCCCC1)Nc1ccc(C#N)cc1. The van der Waals surface area contributed by atoms with Crippen LogP contribution in [0.25, 0.3) is 0 Å². The molecule has 0 heterocycles. The van der Waals surface area contributed by atoms with Crippen molar-refractivity contribution in [1.29, 1.82) is 10.5 Å². The minimum Gasteiger partial charge on any atom is -0.326 e. The first-order valence-corrected chi connectivity index (χ1v) is 6.82. The number of nitrogens with one attached hydrogen (secondary N) is 2. The third-order valence-electron chi connectivity index (χ3n) is 3.34. The molecule has 1 aliphatic carbocycles. The molecule has 2 N–H and O–H groups in total. The Balaban J connectivity index is 2.06. The summed E-state index contributed by atoms with van der Waals surface area (Å²) in [7, 11) is 0. The summed E-state index contributed by atoms with van der Waals surface area (Å²) in [5, 5.41) is 23.2.